The van der Waals surface area contributed by atoms with Crippen molar-refractivity contribution in [3.05, 3.63) is 0 Å². The molecular formula is C17H30N2O2. The Morgan fingerprint density at radius 1 is 1.24 bits per heavy atom. The smallest absolute Gasteiger partial charge is 0.246 e. The van der Waals surface area contributed by atoms with Gasteiger partial charge < -0.3 is 10.2 Å². The van der Waals surface area contributed by atoms with Gasteiger partial charge in [0.2, 0.25) is 11.8 Å². The van der Waals surface area contributed by atoms with Gasteiger partial charge in [-0.05, 0) is 38.0 Å². The van der Waals surface area contributed by atoms with Gasteiger partial charge in [-0.3, -0.25) is 9.59 Å². The minimum absolute atomic E-state index is 0.0285. The first-order chi connectivity index (χ1) is 9.90. The van der Waals surface area contributed by atoms with E-state index in [1.165, 1.54) is 19.3 Å². The number of hydrogen-bond acceptors (Lipinski definition) is 2. The van der Waals surface area contributed by atoms with Gasteiger partial charge in [-0.1, -0.05) is 40.0 Å². The highest BCUT2D eigenvalue weighted by Gasteiger charge is 2.50. The molecule has 2 aliphatic rings. The molecule has 1 N–H and O–H groups in total. The predicted molar refractivity (Wildman–Crippen MR) is 83.8 cm³/mol. The van der Waals surface area contributed by atoms with Crippen LogP contribution < -0.4 is 5.32 Å². The number of carbonyl (C=O) groups is 2. The maximum Gasteiger partial charge on any atom is 0.246 e. The topological polar surface area (TPSA) is 49.4 Å². The predicted octanol–water partition coefficient (Wildman–Crippen LogP) is 2.72. The molecule has 0 bridgehead atoms. The van der Waals surface area contributed by atoms with Crippen molar-refractivity contribution in [3.63, 3.8) is 0 Å². The molecule has 0 aromatic rings. The van der Waals surface area contributed by atoms with Crippen molar-refractivity contribution < 1.29 is 9.59 Å². The first-order valence-corrected chi connectivity index (χ1v) is 8.52. The lowest BCUT2D eigenvalue weighted by Gasteiger charge is -2.48. The third kappa shape index (κ3) is 3.09. The van der Waals surface area contributed by atoms with Crippen molar-refractivity contribution in [1.29, 1.82) is 0 Å². The lowest BCUT2D eigenvalue weighted by Crippen LogP contribution is -2.71. The molecule has 2 unspecified atom stereocenters. The highest BCUT2D eigenvalue weighted by atomic mass is 16.2. The average molecular weight is 294 g/mol. The van der Waals surface area contributed by atoms with E-state index in [1.807, 2.05) is 18.7 Å². The van der Waals surface area contributed by atoms with Crippen molar-refractivity contribution in [2.45, 2.75) is 77.8 Å². The zero-order valence-electron chi connectivity index (χ0n) is 13.9. The highest BCUT2D eigenvalue weighted by Crippen LogP contribution is 2.33. The number of piperazine rings is 1. The summed E-state index contributed by atoms with van der Waals surface area (Å²) in [6.07, 6.45) is 6.41. The van der Waals surface area contributed by atoms with Crippen LogP contribution in [0.2, 0.25) is 0 Å². The second-order valence-electron chi connectivity index (χ2n) is 7.32. The monoisotopic (exact) mass is 294 g/mol. The molecule has 4 nitrogen and oxygen atoms in total. The van der Waals surface area contributed by atoms with E-state index >= 15 is 0 Å². The fraction of sp³-hybridized carbons (Fsp3) is 0.882. The normalized spacial score (nSPS) is 31.7. The van der Waals surface area contributed by atoms with Gasteiger partial charge in [-0.15, -0.1) is 0 Å². The fourth-order valence-electron chi connectivity index (χ4n) is 3.69. The summed E-state index contributed by atoms with van der Waals surface area (Å²) in [4.78, 5) is 27.5. The van der Waals surface area contributed by atoms with Crippen LogP contribution in [0.15, 0.2) is 0 Å². The lowest BCUT2D eigenvalue weighted by atomic mass is 9.80. The first kappa shape index (κ1) is 16.3. The molecule has 0 spiro atoms. The summed E-state index contributed by atoms with van der Waals surface area (Å²) in [5, 5.41) is 3.05. The van der Waals surface area contributed by atoms with Crippen molar-refractivity contribution in [2.75, 3.05) is 6.54 Å². The van der Waals surface area contributed by atoms with Crippen molar-refractivity contribution in [3.8, 4) is 0 Å². The molecule has 4 heteroatoms. The van der Waals surface area contributed by atoms with Gasteiger partial charge in [0.05, 0.1) is 0 Å². The molecule has 0 aromatic carbocycles. The van der Waals surface area contributed by atoms with E-state index in [0.29, 0.717) is 24.8 Å². The Hall–Kier alpha value is -1.06. The molecule has 2 rings (SSSR count). The van der Waals surface area contributed by atoms with Crippen LogP contribution in [0.3, 0.4) is 0 Å². The molecule has 120 valence electrons. The average Bonchev–Trinajstić information content (AvgIpc) is 2.48. The van der Waals surface area contributed by atoms with Crippen molar-refractivity contribution in [1.82, 2.24) is 10.2 Å². The Labute approximate surface area is 128 Å². The van der Waals surface area contributed by atoms with Crippen LogP contribution in [0.25, 0.3) is 0 Å². The highest BCUT2D eigenvalue weighted by molar-refractivity contribution is 5.99. The Kier molecular flexibility index (Phi) is 4.95. The molecule has 21 heavy (non-hydrogen) atoms. The van der Waals surface area contributed by atoms with Gasteiger partial charge >= 0.3 is 0 Å². The van der Waals surface area contributed by atoms with Crippen LogP contribution in [-0.4, -0.2) is 34.8 Å². The molecule has 2 amide bonds. The molecule has 2 atom stereocenters. The van der Waals surface area contributed by atoms with E-state index in [9.17, 15) is 9.59 Å². The van der Waals surface area contributed by atoms with E-state index in [-0.39, 0.29) is 17.9 Å². The molecule has 0 radical (unpaired) electrons. The summed E-state index contributed by atoms with van der Waals surface area (Å²) in [5.74, 6) is 0.865. The molecule has 1 saturated heterocycles. The van der Waals surface area contributed by atoms with Gasteiger partial charge in [-0.25, -0.2) is 0 Å². The van der Waals surface area contributed by atoms with Gasteiger partial charge in [0.1, 0.15) is 11.6 Å². The molecule has 0 aromatic heterocycles. The van der Waals surface area contributed by atoms with Crippen molar-refractivity contribution in [2.24, 2.45) is 11.8 Å². The van der Waals surface area contributed by atoms with Crippen LogP contribution >= 0.6 is 0 Å². The third-order valence-corrected chi connectivity index (χ3v) is 5.26. The number of rotatable bonds is 4. The maximum atomic E-state index is 13.0. The molecule has 2 fully saturated rings. The van der Waals surface area contributed by atoms with E-state index < -0.39 is 5.54 Å². The zero-order valence-corrected chi connectivity index (χ0v) is 13.9. The van der Waals surface area contributed by atoms with Crippen LogP contribution in [0.1, 0.15) is 66.2 Å². The van der Waals surface area contributed by atoms with Gasteiger partial charge in [-0.2, -0.15) is 0 Å². The van der Waals surface area contributed by atoms with Crippen LogP contribution in [-0.2, 0) is 9.59 Å². The van der Waals surface area contributed by atoms with Gasteiger partial charge in [0, 0.05) is 6.54 Å². The maximum absolute atomic E-state index is 13.0. The van der Waals surface area contributed by atoms with Crippen LogP contribution in [0.5, 0.6) is 0 Å². The Morgan fingerprint density at radius 2 is 1.86 bits per heavy atom. The van der Waals surface area contributed by atoms with E-state index in [2.05, 4.69) is 19.2 Å². The standard InChI is InChI=1S/C17H30N2O2/c1-5-17(4)16(21)18-14(13-9-7-6-8-10-13)15(20)19(17)11-12(2)3/h12-14H,5-11H2,1-4H3,(H,18,21). The summed E-state index contributed by atoms with van der Waals surface area (Å²) < 4.78 is 0. The van der Waals surface area contributed by atoms with Crippen molar-refractivity contribution >= 4 is 11.8 Å². The van der Waals surface area contributed by atoms with E-state index in [0.717, 1.165) is 12.8 Å². The summed E-state index contributed by atoms with van der Waals surface area (Å²) in [7, 11) is 0. The van der Waals surface area contributed by atoms with Crippen LogP contribution in [0, 0.1) is 11.8 Å². The number of hydrogen-bond donors (Lipinski definition) is 1. The first-order valence-electron chi connectivity index (χ1n) is 8.52. The van der Waals surface area contributed by atoms with Gasteiger partial charge in [0.15, 0.2) is 0 Å². The number of amides is 2. The SMILES string of the molecule is CCC1(C)C(=O)NC(C2CCCCC2)C(=O)N1CC(C)C. The minimum Gasteiger partial charge on any atom is -0.342 e. The largest absolute Gasteiger partial charge is 0.342 e. The molecular weight excluding hydrogens is 264 g/mol. The summed E-state index contributed by atoms with van der Waals surface area (Å²) >= 11 is 0. The van der Waals surface area contributed by atoms with Crippen LogP contribution in [0.4, 0.5) is 0 Å². The molecule has 1 aliphatic heterocycles. The van der Waals surface area contributed by atoms with Gasteiger partial charge in [0.25, 0.3) is 0 Å². The number of nitrogens with zero attached hydrogens (tertiary/aromatic N) is 1. The Bertz CT molecular complexity index is 402. The summed E-state index contributed by atoms with van der Waals surface area (Å²) in [5.41, 5.74) is -0.688. The summed E-state index contributed by atoms with van der Waals surface area (Å²) in [6, 6.07) is -0.295. The van der Waals surface area contributed by atoms with E-state index in [4.69, 9.17) is 0 Å². The minimum atomic E-state index is -0.688. The molecule has 1 heterocycles. The molecule has 1 aliphatic carbocycles. The summed E-state index contributed by atoms with van der Waals surface area (Å²) in [6.45, 7) is 8.76. The Morgan fingerprint density at radius 3 is 2.38 bits per heavy atom. The third-order valence-electron chi connectivity index (χ3n) is 5.26. The fourth-order valence-corrected chi connectivity index (χ4v) is 3.69. The zero-order chi connectivity index (χ0) is 15.6. The quantitative estimate of drug-likeness (QED) is 0.866. The molecule has 1 saturated carbocycles. The second kappa shape index (κ2) is 6.37. The second-order valence-corrected chi connectivity index (χ2v) is 7.32. The Balaban J connectivity index is 2.24. The lowest BCUT2D eigenvalue weighted by molar-refractivity contribution is -0.159. The number of carbonyl (C=O) groups excluding carboxylic acids is 2. The number of nitrogens with one attached hydrogen (secondary N) is 1. The van der Waals surface area contributed by atoms with E-state index in [1.54, 1.807) is 0 Å².